The molecule has 1 rings (SSSR count). The smallest absolute Gasteiger partial charge is 0.341 e. The van der Waals surface area contributed by atoms with Gasteiger partial charge in [-0.1, -0.05) is 30.3 Å². The number of alkyl halides is 3. The van der Waals surface area contributed by atoms with E-state index in [4.69, 9.17) is 0 Å². The van der Waals surface area contributed by atoms with Gasteiger partial charge in [0.1, 0.15) is 6.54 Å². The van der Waals surface area contributed by atoms with E-state index in [9.17, 15) is 22.8 Å². The Labute approximate surface area is 108 Å². The van der Waals surface area contributed by atoms with Crippen LogP contribution in [0, 0.1) is 0 Å². The van der Waals surface area contributed by atoms with Crippen molar-refractivity contribution in [3.05, 3.63) is 35.9 Å². The Morgan fingerprint density at radius 2 is 1.74 bits per heavy atom. The number of nitrogens with one attached hydrogen (secondary N) is 2. The van der Waals surface area contributed by atoms with Gasteiger partial charge in [-0.3, -0.25) is 9.59 Å². The predicted octanol–water partition coefficient (Wildman–Crippen LogP) is 1.54. The van der Waals surface area contributed by atoms with Gasteiger partial charge in [0, 0.05) is 0 Å². The molecule has 0 spiro atoms. The molecule has 2 amide bonds. The first-order valence-electron chi connectivity index (χ1n) is 5.50. The number of hydrogen-bond acceptors (Lipinski definition) is 2. The van der Waals surface area contributed by atoms with Crippen LogP contribution >= 0.6 is 0 Å². The van der Waals surface area contributed by atoms with Gasteiger partial charge in [-0.25, -0.2) is 0 Å². The van der Waals surface area contributed by atoms with Crippen molar-refractivity contribution in [1.29, 1.82) is 0 Å². The fourth-order valence-corrected chi connectivity index (χ4v) is 1.35. The van der Waals surface area contributed by atoms with Gasteiger partial charge in [0.25, 0.3) is 0 Å². The maximum absolute atomic E-state index is 11.9. The maximum atomic E-state index is 11.9. The summed E-state index contributed by atoms with van der Waals surface area (Å²) in [7, 11) is 0. The molecule has 0 aliphatic rings. The second-order valence-electron chi connectivity index (χ2n) is 3.90. The van der Waals surface area contributed by atoms with Crippen molar-refractivity contribution in [1.82, 2.24) is 10.6 Å². The van der Waals surface area contributed by atoms with Gasteiger partial charge >= 0.3 is 18.0 Å². The lowest BCUT2D eigenvalue weighted by atomic mass is 10.1. The van der Waals surface area contributed by atoms with Crippen LogP contribution in [0.4, 0.5) is 13.2 Å². The highest BCUT2D eigenvalue weighted by atomic mass is 19.4. The lowest BCUT2D eigenvalue weighted by Gasteiger charge is -2.14. The summed E-state index contributed by atoms with van der Waals surface area (Å²) in [5.41, 5.74) is 0.750. The van der Waals surface area contributed by atoms with Gasteiger partial charge in [-0.05, 0) is 12.5 Å². The summed E-state index contributed by atoms with van der Waals surface area (Å²) in [6.07, 6.45) is -4.54. The Hall–Kier alpha value is -2.05. The first-order valence-corrected chi connectivity index (χ1v) is 5.50. The summed E-state index contributed by atoms with van der Waals surface area (Å²) >= 11 is 0. The second kappa shape index (κ2) is 6.21. The molecule has 0 saturated heterocycles. The molecule has 2 N–H and O–H groups in total. The number of carbonyl (C=O) groups is 2. The standard InChI is InChI=1S/C12H13F3N2O2/c1-8(9-5-3-2-4-6-9)17-11(19)10(18)16-7-12(13,14)15/h2-6,8H,7H2,1H3,(H,16,18)(H,17,19)/t8-/m0/s1. The molecule has 7 heteroatoms. The van der Waals surface area contributed by atoms with E-state index in [1.54, 1.807) is 37.3 Å². The lowest BCUT2D eigenvalue weighted by Crippen LogP contribution is -2.44. The van der Waals surface area contributed by atoms with Crippen molar-refractivity contribution in [2.45, 2.75) is 19.1 Å². The first-order chi connectivity index (χ1) is 8.79. The third-order valence-electron chi connectivity index (χ3n) is 2.30. The molecule has 0 fully saturated rings. The summed E-state index contributed by atoms with van der Waals surface area (Å²) < 4.78 is 35.6. The number of carbonyl (C=O) groups excluding carboxylic acids is 2. The van der Waals surface area contributed by atoms with E-state index < -0.39 is 30.6 Å². The zero-order chi connectivity index (χ0) is 14.5. The van der Waals surface area contributed by atoms with Crippen LogP contribution in [0.5, 0.6) is 0 Å². The van der Waals surface area contributed by atoms with E-state index in [-0.39, 0.29) is 0 Å². The predicted molar refractivity (Wildman–Crippen MR) is 62.1 cm³/mol. The molecule has 0 unspecified atom stereocenters. The third kappa shape index (κ3) is 5.41. The summed E-state index contributed by atoms with van der Waals surface area (Å²) in [6, 6.07) is 8.29. The molecule has 104 valence electrons. The largest absolute Gasteiger partial charge is 0.405 e. The van der Waals surface area contributed by atoms with E-state index >= 15 is 0 Å². The van der Waals surface area contributed by atoms with Crippen LogP contribution in [-0.4, -0.2) is 24.5 Å². The highest BCUT2D eigenvalue weighted by Gasteiger charge is 2.29. The van der Waals surface area contributed by atoms with Gasteiger partial charge in [-0.15, -0.1) is 0 Å². The van der Waals surface area contributed by atoms with Gasteiger partial charge < -0.3 is 10.6 Å². The highest BCUT2D eigenvalue weighted by molar-refractivity contribution is 6.35. The molecule has 1 aromatic rings. The minimum absolute atomic E-state index is 0.467. The Bertz CT molecular complexity index is 446. The van der Waals surface area contributed by atoms with Crippen LogP contribution < -0.4 is 10.6 Å². The molecule has 4 nitrogen and oxygen atoms in total. The molecule has 0 radical (unpaired) electrons. The van der Waals surface area contributed by atoms with Crippen molar-refractivity contribution >= 4 is 11.8 Å². The molecular formula is C12H13F3N2O2. The number of hydrogen-bond donors (Lipinski definition) is 2. The summed E-state index contributed by atoms with van der Waals surface area (Å²) in [4.78, 5) is 22.5. The minimum atomic E-state index is -4.54. The Kier molecular flexibility index (Phi) is 4.91. The molecule has 0 aliphatic carbocycles. The second-order valence-corrected chi connectivity index (χ2v) is 3.90. The zero-order valence-electron chi connectivity index (χ0n) is 10.1. The fourth-order valence-electron chi connectivity index (χ4n) is 1.35. The Morgan fingerprint density at radius 3 is 2.26 bits per heavy atom. The molecule has 1 atom stereocenters. The summed E-state index contributed by atoms with van der Waals surface area (Å²) in [5, 5.41) is 3.82. The molecular weight excluding hydrogens is 261 g/mol. The minimum Gasteiger partial charge on any atom is -0.341 e. The lowest BCUT2D eigenvalue weighted by molar-refractivity contribution is -0.146. The van der Waals surface area contributed by atoms with Crippen molar-refractivity contribution in [3.63, 3.8) is 0 Å². The van der Waals surface area contributed by atoms with Gasteiger partial charge in [0.2, 0.25) is 0 Å². The average molecular weight is 274 g/mol. The van der Waals surface area contributed by atoms with Crippen molar-refractivity contribution in [2.75, 3.05) is 6.54 Å². The fraction of sp³-hybridized carbons (Fsp3) is 0.333. The zero-order valence-corrected chi connectivity index (χ0v) is 10.1. The SMILES string of the molecule is C[C@H](NC(=O)C(=O)NCC(F)(F)F)c1ccccc1. The van der Waals surface area contributed by atoms with Gasteiger partial charge in [-0.2, -0.15) is 13.2 Å². The number of amides is 2. The normalized spacial score (nSPS) is 12.6. The number of halogens is 3. The van der Waals surface area contributed by atoms with Crippen molar-refractivity contribution in [2.24, 2.45) is 0 Å². The summed E-state index contributed by atoms with van der Waals surface area (Å²) in [6.45, 7) is 0.100. The highest BCUT2D eigenvalue weighted by Crippen LogP contribution is 2.12. The number of rotatable bonds is 3. The van der Waals surface area contributed by atoms with Gasteiger partial charge in [0.05, 0.1) is 6.04 Å². The van der Waals surface area contributed by atoms with Crippen molar-refractivity contribution in [3.8, 4) is 0 Å². The topological polar surface area (TPSA) is 58.2 Å². The van der Waals surface area contributed by atoms with Crippen LogP contribution in [0.3, 0.4) is 0 Å². The van der Waals surface area contributed by atoms with Gasteiger partial charge in [0.15, 0.2) is 0 Å². The van der Waals surface area contributed by atoms with Crippen LogP contribution in [0.2, 0.25) is 0 Å². The van der Waals surface area contributed by atoms with E-state index in [0.717, 1.165) is 5.56 Å². The molecule has 0 aromatic heterocycles. The molecule has 1 aromatic carbocycles. The quantitative estimate of drug-likeness (QED) is 0.821. The summed E-state index contributed by atoms with van der Waals surface area (Å²) in [5.74, 6) is -2.40. The first kappa shape index (κ1) is 15.0. The molecule has 0 aliphatic heterocycles. The van der Waals surface area contributed by atoms with E-state index in [1.165, 1.54) is 5.32 Å². The maximum Gasteiger partial charge on any atom is 0.405 e. The van der Waals surface area contributed by atoms with Crippen molar-refractivity contribution < 1.29 is 22.8 Å². The average Bonchev–Trinajstić information content (AvgIpc) is 2.36. The van der Waals surface area contributed by atoms with E-state index in [2.05, 4.69) is 5.32 Å². The van der Waals surface area contributed by atoms with Crippen LogP contribution in [0.15, 0.2) is 30.3 Å². The Balaban J connectivity index is 2.49. The monoisotopic (exact) mass is 274 g/mol. The Morgan fingerprint density at radius 1 is 1.16 bits per heavy atom. The number of benzene rings is 1. The van der Waals surface area contributed by atoms with Crippen LogP contribution in [-0.2, 0) is 9.59 Å². The molecule has 0 heterocycles. The molecule has 0 bridgehead atoms. The molecule has 0 saturated carbocycles. The van der Waals surface area contributed by atoms with E-state index in [1.807, 2.05) is 0 Å². The third-order valence-corrected chi connectivity index (χ3v) is 2.30. The van der Waals surface area contributed by atoms with E-state index in [0.29, 0.717) is 0 Å². The van der Waals surface area contributed by atoms with Crippen LogP contribution in [0.25, 0.3) is 0 Å². The van der Waals surface area contributed by atoms with Crippen LogP contribution in [0.1, 0.15) is 18.5 Å². The molecule has 19 heavy (non-hydrogen) atoms.